The molecule has 0 radical (unpaired) electrons. The number of nitrogens with zero attached hydrogens (tertiary/aromatic N) is 2. The number of hydrogen-bond donors (Lipinski definition) is 0. The van der Waals surface area contributed by atoms with Crippen molar-refractivity contribution in [3.05, 3.63) is 0 Å². The van der Waals surface area contributed by atoms with Crippen molar-refractivity contribution in [2.24, 2.45) is 4.99 Å². The van der Waals surface area contributed by atoms with Gasteiger partial charge in [0.15, 0.2) is 0 Å². The van der Waals surface area contributed by atoms with Gasteiger partial charge >= 0.3 is 0 Å². The van der Waals surface area contributed by atoms with E-state index in [1.165, 1.54) is 5.33 Å². The molecule has 0 aromatic rings. The van der Waals surface area contributed by atoms with Crippen LogP contribution in [0.3, 0.4) is 0 Å². The van der Waals surface area contributed by atoms with Crippen LogP contribution >= 0.6 is 0 Å². The van der Waals surface area contributed by atoms with Crippen molar-refractivity contribution in [1.29, 1.82) is 0 Å². The van der Waals surface area contributed by atoms with Crippen molar-refractivity contribution in [2.75, 3.05) is 26.7 Å². The monoisotopic (exact) mass is 202 g/mol. The minimum Gasteiger partial charge on any atom is -0.361 e. The molecule has 0 heterocycles. The quantitative estimate of drug-likeness (QED) is 0.346. The van der Waals surface area contributed by atoms with Crippen LogP contribution in [0.1, 0.15) is 20.8 Å². The van der Waals surface area contributed by atoms with E-state index in [1.807, 2.05) is 0 Å². The molecule has 0 saturated carbocycles. The average molecular weight is 202 g/mol. The molecule has 0 spiro atoms. The fraction of sp³-hybridized carbons (Fsp3) is 0.889. The molecular formula is C9H22N2OSi. The minimum absolute atomic E-state index is 0.113. The van der Waals surface area contributed by atoms with Crippen LogP contribution in [-0.2, 0) is 4.74 Å². The molecule has 1 atom stereocenters. The molecule has 0 aliphatic heterocycles. The molecule has 0 bridgehead atoms. The van der Waals surface area contributed by atoms with Gasteiger partial charge in [-0.15, -0.1) is 0 Å². The van der Waals surface area contributed by atoms with Crippen LogP contribution in [-0.4, -0.2) is 53.4 Å². The number of ether oxygens (including phenoxy) is 1. The summed E-state index contributed by atoms with van der Waals surface area (Å²) in [6.45, 7) is 9.25. The summed E-state index contributed by atoms with van der Waals surface area (Å²) < 4.78 is 5.44. The zero-order chi connectivity index (χ0) is 10.3. The lowest BCUT2D eigenvalue weighted by atomic mass is 10.4. The second-order valence-corrected chi connectivity index (χ2v) is 3.95. The molecule has 0 N–H and O–H groups in total. The van der Waals surface area contributed by atoms with E-state index in [1.54, 1.807) is 7.11 Å². The number of aliphatic imine (C=N–C) groups is 1. The van der Waals surface area contributed by atoms with Gasteiger partial charge in [-0.3, -0.25) is 9.89 Å². The zero-order valence-corrected chi connectivity index (χ0v) is 11.5. The molecule has 0 amide bonds. The van der Waals surface area contributed by atoms with E-state index in [0.29, 0.717) is 0 Å². The predicted octanol–water partition coefficient (Wildman–Crippen LogP) is 0.0845. The molecule has 0 aliphatic carbocycles. The number of methoxy groups -OCH3 is 1. The van der Waals surface area contributed by atoms with E-state index in [9.17, 15) is 0 Å². The first kappa shape index (κ1) is 12.8. The van der Waals surface area contributed by atoms with Crippen LogP contribution in [0.2, 0.25) is 0 Å². The third-order valence-electron chi connectivity index (χ3n) is 2.13. The molecule has 78 valence electrons. The Kier molecular flexibility index (Phi) is 7.13. The summed E-state index contributed by atoms with van der Waals surface area (Å²) in [5.74, 6) is 0. The van der Waals surface area contributed by atoms with E-state index in [4.69, 9.17) is 4.74 Å². The molecule has 0 rings (SSSR count). The minimum atomic E-state index is 0.113. The fourth-order valence-corrected chi connectivity index (χ4v) is 2.38. The SMILES string of the molecule is CCN=C([SiH3])C(OC)N(CC)CC. The van der Waals surface area contributed by atoms with E-state index in [2.05, 4.69) is 30.7 Å². The van der Waals surface area contributed by atoms with Gasteiger partial charge in [-0.2, -0.15) is 0 Å². The predicted molar refractivity (Wildman–Crippen MR) is 61.6 cm³/mol. The first-order valence-electron chi connectivity index (χ1n) is 4.98. The summed E-state index contributed by atoms with van der Waals surface area (Å²) >= 11 is 0. The van der Waals surface area contributed by atoms with Gasteiger partial charge in [-0.1, -0.05) is 13.8 Å². The van der Waals surface area contributed by atoms with Gasteiger partial charge < -0.3 is 4.74 Å². The average Bonchev–Trinajstić information content (AvgIpc) is 2.14. The Hall–Kier alpha value is -0.193. The third-order valence-corrected chi connectivity index (χ3v) is 2.94. The molecular weight excluding hydrogens is 180 g/mol. The Bertz CT molecular complexity index is 158. The second kappa shape index (κ2) is 7.23. The molecule has 0 aromatic heterocycles. The Labute approximate surface area is 84.6 Å². The lowest BCUT2D eigenvalue weighted by molar-refractivity contribution is 0.0250. The van der Waals surface area contributed by atoms with E-state index >= 15 is 0 Å². The van der Waals surface area contributed by atoms with Crippen LogP contribution in [0.4, 0.5) is 0 Å². The van der Waals surface area contributed by atoms with Crippen LogP contribution in [0.15, 0.2) is 4.99 Å². The Morgan fingerprint density at radius 1 is 1.38 bits per heavy atom. The topological polar surface area (TPSA) is 24.8 Å². The summed E-state index contributed by atoms with van der Waals surface area (Å²) in [7, 11) is 2.74. The van der Waals surface area contributed by atoms with Crippen molar-refractivity contribution in [3.63, 3.8) is 0 Å². The summed E-state index contributed by atoms with van der Waals surface area (Å²) in [5, 5.41) is 1.20. The van der Waals surface area contributed by atoms with Crippen LogP contribution < -0.4 is 0 Å². The lowest BCUT2D eigenvalue weighted by Gasteiger charge is -2.28. The standard InChI is InChI=1S/C9H22N2OSi/c1-5-10-8(13)9(12-4)11(6-2)7-3/h9H,5-7H2,1-4,13H3. The molecule has 13 heavy (non-hydrogen) atoms. The normalized spacial score (nSPS) is 15.3. The van der Waals surface area contributed by atoms with Gasteiger partial charge in [0.25, 0.3) is 0 Å². The second-order valence-electron chi connectivity index (χ2n) is 2.92. The van der Waals surface area contributed by atoms with Crippen LogP contribution in [0.5, 0.6) is 0 Å². The van der Waals surface area contributed by atoms with Gasteiger partial charge in [0, 0.05) is 19.0 Å². The maximum atomic E-state index is 5.44. The van der Waals surface area contributed by atoms with E-state index in [-0.39, 0.29) is 6.23 Å². The van der Waals surface area contributed by atoms with Gasteiger partial charge in [-0.25, -0.2) is 0 Å². The largest absolute Gasteiger partial charge is 0.361 e. The highest BCUT2D eigenvalue weighted by molar-refractivity contribution is 6.60. The van der Waals surface area contributed by atoms with Crippen molar-refractivity contribution in [3.8, 4) is 0 Å². The van der Waals surface area contributed by atoms with Crippen LogP contribution in [0, 0.1) is 0 Å². The molecule has 0 aromatic carbocycles. The first-order valence-corrected chi connectivity index (χ1v) is 5.98. The van der Waals surface area contributed by atoms with Crippen LogP contribution in [0.25, 0.3) is 0 Å². The maximum absolute atomic E-state index is 5.44. The van der Waals surface area contributed by atoms with E-state index < -0.39 is 0 Å². The van der Waals surface area contributed by atoms with Gasteiger partial charge in [0.1, 0.15) is 6.23 Å². The smallest absolute Gasteiger partial charge is 0.144 e. The van der Waals surface area contributed by atoms with Crippen molar-refractivity contribution in [1.82, 2.24) is 4.90 Å². The highest BCUT2D eigenvalue weighted by Crippen LogP contribution is 2.01. The summed E-state index contributed by atoms with van der Waals surface area (Å²) in [4.78, 5) is 6.70. The molecule has 0 fully saturated rings. The molecule has 4 heteroatoms. The summed E-state index contributed by atoms with van der Waals surface area (Å²) in [6.07, 6.45) is 0.113. The van der Waals surface area contributed by atoms with Crippen molar-refractivity contribution >= 4 is 15.6 Å². The summed E-state index contributed by atoms with van der Waals surface area (Å²) in [6, 6.07) is 0. The molecule has 0 aliphatic rings. The Balaban J connectivity index is 4.37. The Morgan fingerprint density at radius 3 is 2.23 bits per heavy atom. The maximum Gasteiger partial charge on any atom is 0.144 e. The lowest BCUT2D eigenvalue weighted by Crippen LogP contribution is -2.42. The summed E-state index contributed by atoms with van der Waals surface area (Å²) in [5.41, 5.74) is 0. The van der Waals surface area contributed by atoms with Gasteiger partial charge in [0.2, 0.25) is 0 Å². The zero-order valence-electron chi connectivity index (χ0n) is 9.50. The number of rotatable bonds is 6. The van der Waals surface area contributed by atoms with E-state index in [0.717, 1.165) is 29.9 Å². The highest BCUT2D eigenvalue weighted by Gasteiger charge is 2.16. The fourth-order valence-electron chi connectivity index (χ4n) is 1.47. The molecule has 1 unspecified atom stereocenters. The Morgan fingerprint density at radius 2 is 1.92 bits per heavy atom. The highest BCUT2D eigenvalue weighted by atomic mass is 28.1. The van der Waals surface area contributed by atoms with Gasteiger partial charge in [0.05, 0.1) is 10.2 Å². The number of hydrogen-bond acceptors (Lipinski definition) is 3. The molecule has 0 saturated heterocycles. The van der Waals surface area contributed by atoms with Crippen molar-refractivity contribution < 1.29 is 4.74 Å². The van der Waals surface area contributed by atoms with Crippen molar-refractivity contribution in [2.45, 2.75) is 27.0 Å². The third kappa shape index (κ3) is 4.02. The van der Waals surface area contributed by atoms with Gasteiger partial charge in [-0.05, 0) is 20.0 Å². The first-order chi connectivity index (χ1) is 6.21. The molecule has 3 nitrogen and oxygen atoms in total.